The number of rotatable bonds is 11. The van der Waals surface area contributed by atoms with E-state index in [-0.39, 0.29) is 17.5 Å². The quantitative estimate of drug-likeness (QED) is 0.0849. The highest BCUT2D eigenvalue weighted by atomic mass is 16.6. The van der Waals surface area contributed by atoms with E-state index in [0.29, 0.717) is 41.4 Å². The Morgan fingerprint density at radius 1 is 0.370 bits per heavy atom. The standard InChI is InChI=1S/C21H22O6.C21H20O6/c2*1-13-7-17(9-19(8-13)25-14(2)22)5-6-18-10-20(26-15(3)23)12-21(11-18)27-16(4)24/h7-12H,5-6H2,1-4H3;5-12H,1-4H3/b;6-5+. The highest BCUT2D eigenvalue weighted by Gasteiger charge is 2.10. The van der Waals surface area contributed by atoms with Gasteiger partial charge in [0.15, 0.2) is 0 Å². The zero-order chi connectivity index (χ0) is 39.9. The normalized spacial score (nSPS) is 10.4. The summed E-state index contributed by atoms with van der Waals surface area (Å²) < 4.78 is 30.7. The molecule has 0 aliphatic rings. The molecule has 0 bridgehead atoms. The summed E-state index contributed by atoms with van der Waals surface area (Å²) in [4.78, 5) is 67.2. The molecule has 0 unspecified atom stereocenters. The first-order valence-electron chi connectivity index (χ1n) is 16.7. The minimum Gasteiger partial charge on any atom is -0.427 e. The fourth-order valence-electron chi connectivity index (χ4n) is 5.14. The molecule has 0 amide bonds. The van der Waals surface area contributed by atoms with E-state index in [1.807, 2.05) is 38.1 Å². The molecule has 0 spiro atoms. The molecular weight excluding hydrogens is 696 g/mol. The summed E-state index contributed by atoms with van der Waals surface area (Å²) in [5.41, 5.74) is 5.25. The fraction of sp³-hybridized carbons (Fsp3) is 0.238. The third-order valence-corrected chi connectivity index (χ3v) is 6.77. The van der Waals surface area contributed by atoms with E-state index in [4.69, 9.17) is 28.4 Å². The van der Waals surface area contributed by atoms with Gasteiger partial charge < -0.3 is 28.4 Å². The maximum atomic E-state index is 11.2. The maximum absolute atomic E-state index is 11.2. The molecule has 282 valence electrons. The molecule has 0 saturated carbocycles. The molecule has 12 heteroatoms. The molecule has 0 aromatic heterocycles. The zero-order valence-electron chi connectivity index (χ0n) is 31.4. The Hall–Kier alpha value is -6.56. The third-order valence-electron chi connectivity index (χ3n) is 6.77. The Morgan fingerprint density at radius 3 is 0.981 bits per heavy atom. The highest BCUT2D eigenvalue weighted by Crippen LogP contribution is 2.27. The lowest BCUT2D eigenvalue weighted by Gasteiger charge is -2.10. The van der Waals surface area contributed by atoms with Crippen molar-refractivity contribution in [2.24, 2.45) is 0 Å². The Labute approximate surface area is 313 Å². The number of aryl methyl sites for hydroxylation is 4. The van der Waals surface area contributed by atoms with E-state index < -0.39 is 29.8 Å². The van der Waals surface area contributed by atoms with E-state index >= 15 is 0 Å². The van der Waals surface area contributed by atoms with Crippen molar-refractivity contribution in [3.63, 3.8) is 0 Å². The predicted octanol–water partition coefficient (Wildman–Crippen LogP) is 7.50. The number of ether oxygens (including phenoxy) is 6. The zero-order valence-corrected chi connectivity index (χ0v) is 31.4. The summed E-state index contributed by atoms with van der Waals surface area (Å²) in [7, 11) is 0. The summed E-state index contributed by atoms with van der Waals surface area (Å²) in [6, 6.07) is 20.8. The summed E-state index contributed by atoms with van der Waals surface area (Å²) in [6.45, 7) is 11.7. The minimum atomic E-state index is -0.477. The van der Waals surface area contributed by atoms with Crippen LogP contribution in [0.3, 0.4) is 0 Å². The van der Waals surface area contributed by atoms with E-state index in [0.717, 1.165) is 27.8 Å². The first-order chi connectivity index (χ1) is 25.4. The van der Waals surface area contributed by atoms with Gasteiger partial charge in [-0.05, 0) is 109 Å². The van der Waals surface area contributed by atoms with Crippen LogP contribution in [0.1, 0.15) is 74.9 Å². The number of hydrogen-bond acceptors (Lipinski definition) is 12. The van der Waals surface area contributed by atoms with Gasteiger partial charge in [-0.1, -0.05) is 24.3 Å². The van der Waals surface area contributed by atoms with Crippen molar-refractivity contribution in [3.8, 4) is 34.5 Å². The molecule has 12 nitrogen and oxygen atoms in total. The average Bonchev–Trinajstić information content (AvgIpc) is 3.00. The molecule has 0 saturated heterocycles. The summed E-state index contributed by atoms with van der Waals surface area (Å²) in [5.74, 6) is -0.482. The smallest absolute Gasteiger partial charge is 0.308 e. The maximum Gasteiger partial charge on any atom is 0.308 e. The Kier molecular flexibility index (Phi) is 15.4. The number of carbonyl (C=O) groups excluding carboxylic acids is 6. The molecule has 0 radical (unpaired) electrons. The van der Waals surface area contributed by atoms with Gasteiger partial charge in [0.1, 0.15) is 34.5 Å². The summed E-state index contributed by atoms with van der Waals surface area (Å²) >= 11 is 0. The average molecular weight is 739 g/mol. The second-order valence-corrected chi connectivity index (χ2v) is 12.2. The highest BCUT2D eigenvalue weighted by molar-refractivity contribution is 5.76. The van der Waals surface area contributed by atoms with Crippen molar-refractivity contribution in [1.29, 1.82) is 0 Å². The Bertz CT molecular complexity index is 2010. The molecule has 4 rings (SSSR count). The van der Waals surface area contributed by atoms with Gasteiger partial charge in [-0.2, -0.15) is 0 Å². The van der Waals surface area contributed by atoms with Crippen LogP contribution in [0.4, 0.5) is 0 Å². The van der Waals surface area contributed by atoms with Crippen LogP contribution in [0.25, 0.3) is 12.2 Å². The first kappa shape index (κ1) is 41.9. The second-order valence-electron chi connectivity index (χ2n) is 12.2. The van der Waals surface area contributed by atoms with E-state index in [2.05, 4.69) is 0 Å². The van der Waals surface area contributed by atoms with Crippen molar-refractivity contribution in [2.45, 2.75) is 68.2 Å². The van der Waals surface area contributed by atoms with Gasteiger partial charge in [0.25, 0.3) is 0 Å². The monoisotopic (exact) mass is 738 g/mol. The van der Waals surface area contributed by atoms with Gasteiger partial charge in [-0.15, -0.1) is 0 Å². The minimum absolute atomic E-state index is 0.269. The van der Waals surface area contributed by atoms with Gasteiger partial charge in [0.05, 0.1) is 0 Å². The third kappa shape index (κ3) is 15.8. The van der Waals surface area contributed by atoms with Crippen LogP contribution in [0.5, 0.6) is 34.5 Å². The first-order valence-corrected chi connectivity index (χ1v) is 16.7. The van der Waals surface area contributed by atoms with Crippen LogP contribution in [0, 0.1) is 13.8 Å². The molecule has 4 aromatic rings. The number of carbonyl (C=O) groups is 6. The van der Waals surface area contributed by atoms with Crippen LogP contribution in [-0.4, -0.2) is 35.8 Å². The summed E-state index contributed by atoms with van der Waals surface area (Å²) in [5, 5.41) is 0. The van der Waals surface area contributed by atoms with E-state index in [1.54, 1.807) is 48.5 Å². The van der Waals surface area contributed by atoms with Crippen LogP contribution in [-0.2, 0) is 41.6 Å². The molecule has 0 N–H and O–H groups in total. The van der Waals surface area contributed by atoms with Crippen molar-refractivity contribution in [2.75, 3.05) is 0 Å². The van der Waals surface area contributed by atoms with Crippen LogP contribution >= 0.6 is 0 Å². The topological polar surface area (TPSA) is 158 Å². The van der Waals surface area contributed by atoms with E-state index in [1.165, 1.54) is 53.7 Å². The molecule has 4 aromatic carbocycles. The molecule has 0 aliphatic carbocycles. The Morgan fingerprint density at radius 2 is 0.630 bits per heavy atom. The largest absolute Gasteiger partial charge is 0.427 e. The fourth-order valence-corrected chi connectivity index (χ4v) is 5.14. The molecule has 0 aliphatic heterocycles. The molecule has 54 heavy (non-hydrogen) atoms. The van der Waals surface area contributed by atoms with Crippen LogP contribution in [0.15, 0.2) is 72.8 Å². The lowest BCUT2D eigenvalue weighted by Crippen LogP contribution is -2.05. The van der Waals surface area contributed by atoms with Crippen LogP contribution < -0.4 is 28.4 Å². The van der Waals surface area contributed by atoms with Crippen LogP contribution in [0.2, 0.25) is 0 Å². The SMILES string of the molecule is CC(=O)Oc1cc(C)cc(/C=C/c2cc(OC(C)=O)cc(OC(C)=O)c2)c1.CC(=O)Oc1cc(C)cc(CCc2cc(OC(C)=O)cc(OC(C)=O)c2)c1. The van der Waals surface area contributed by atoms with Gasteiger partial charge in [-0.3, -0.25) is 28.8 Å². The summed E-state index contributed by atoms with van der Waals surface area (Å²) in [6.07, 6.45) is 4.86. The number of hydrogen-bond donors (Lipinski definition) is 0. The van der Waals surface area contributed by atoms with Crippen molar-refractivity contribution in [3.05, 3.63) is 106 Å². The lowest BCUT2D eigenvalue weighted by molar-refractivity contribution is -0.133. The second kappa shape index (κ2) is 19.9. The molecule has 0 atom stereocenters. The van der Waals surface area contributed by atoms with Crippen molar-refractivity contribution < 1.29 is 57.2 Å². The molecular formula is C42H42O12. The van der Waals surface area contributed by atoms with Crippen molar-refractivity contribution >= 4 is 48.0 Å². The van der Waals surface area contributed by atoms with Gasteiger partial charge in [0.2, 0.25) is 0 Å². The molecule has 0 heterocycles. The van der Waals surface area contributed by atoms with E-state index in [9.17, 15) is 28.8 Å². The van der Waals surface area contributed by atoms with Gasteiger partial charge >= 0.3 is 35.8 Å². The van der Waals surface area contributed by atoms with Crippen molar-refractivity contribution in [1.82, 2.24) is 0 Å². The van der Waals surface area contributed by atoms with Gasteiger partial charge in [-0.25, -0.2) is 0 Å². The number of esters is 6. The Balaban J connectivity index is 0.000000290. The predicted molar refractivity (Wildman–Crippen MR) is 199 cm³/mol. The van der Waals surface area contributed by atoms with Gasteiger partial charge in [0, 0.05) is 53.7 Å². The lowest BCUT2D eigenvalue weighted by atomic mass is 10.0. The number of benzene rings is 4. The molecule has 0 fully saturated rings.